The van der Waals surface area contributed by atoms with Crippen molar-refractivity contribution in [3.63, 3.8) is 0 Å². The highest BCUT2D eigenvalue weighted by Crippen LogP contribution is 2.34. The van der Waals surface area contributed by atoms with Crippen molar-refractivity contribution in [1.82, 2.24) is 0 Å². The number of halogens is 1. The second-order valence-electron chi connectivity index (χ2n) is 4.32. The average Bonchev–Trinajstić information content (AvgIpc) is 2.94. The van der Waals surface area contributed by atoms with Crippen molar-refractivity contribution in [2.45, 2.75) is 25.6 Å². The number of alkyl halides is 1. The lowest BCUT2D eigenvalue weighted by molar-refractivity contribution is 0.287. The number of thiophene rings is 1. The molecule has 4 heteroatoms. The van der Waals surface area contributed by atoms with Gasteiger partial charge in [0.25, 0.3) is 0 Å². The fourth-order valence-electron chi connectivity index (χ4n) is 1.99. The van der Waals surface area contributed by atoms with Crippen LogP contribution >= 0.6 is 22.9 Å². The number of benzene rings is 1. The maximum Gasteiger partial charge on any atom is 0.161 e. The van der Waals surface area contributed by atoms with E-state index in [0.29, 0.717) is 13.2 Å². The first-order chi connectivity index (χ1) is 9.74. The Balaban J connectivity index is 2.16. The molecule has 0 amide bonds. The molecule has 0 saturated heterocycles. The van der Waals surface area contributed by atoms with Gasteiger partial charge in [-0.1, -0.05) is 12.1 Å². The molecule has 20 heavy (non-hydrogen) atoms. The Morgan fingerprint density at radius 3 is 2.50 bits per heavy atom. The van der Waals surface area contributed by atoms with Gasteiger partial charge >= 0.3 is 0 Å². The first-order valence-electron chi connectivity index (χ1n) is 6.80. The summed E-state index contributed by atoms with van der Waals surface area (Å²) in [6, 6.07) is 10.1. The van der Waals surface area contributed by atoms with E-state index in [2.05, 4.69) is 11.4 Å². The highest BCUT2D eigenvalue weighted by Gasteiger charge is 2.13. The van der Waals surface area contributed by atoms with E-state index < -0.39 is 0 Å². The van der Waals surface area contributed by atoms with Crippen LogP contribution in [0, 0.1) is 0 Å². The molecule has 0 aliphatic heterocycles. The molecule has 108 valence electrons. The van der Waals surface area contributed by atoms with E-state index in [9.17, 15) is 0 Å². The summed E-state index contributed by atoms with van der Waals surface area (Å²) in [5, 5.41) is 2.02. The zero-order valence-corrected chi connectivity index (χ0v) is 13.3. The van der Waals surface area contributed by atoms with E-state index in [1.165, 1.54) is 4.88 Å². The minimum Gasteiger partial charge on any atom is -0.490 e. The molecular weight excluding hydrogens is 292 g/mol. The number of hydrogen-bond donors (Lipinski definition) is 0. The van der Waals surface area contributed by atoms with Gasteiger partial charge in [-0.15, -0.1) is 22.9 Å². The summed E-state index contributed by atoms with van der Waals surface area (Å²) in [5.41, 5.74) is 1.06. The van der Waals surface area contributed by atoms with E-state index in [1.807, 2.05) is 38.1 Å². The molecule has 1 heterocycles. The highest BCUT2D eigenvalue weighted by atomic mass is 35.5. The van der Waals surface area contributed by atoms with Crippen LogP contribution < -0.4 is 9.47 Å². The third-order valence-electron chi connectivity index (χ3n) is 2.89. The van der Waals surface area contributed by atoms with Crippen LogP contribution in [-0.2, 0) is 6.42 Å². The second-order valence-corrected chi connectivity index (χ2v) is 5.88. The fourth-order valence-corrected chi connectivity index (χ4v) is 3.13. The van der Waals surface area contributed by atoms with Crippen molar-refractivity contribution in [2.24, 2.45) is 0 Å². The van der Waals surface area contributed by atoms with Crippen LogP contribution in [0.25, 0.3) is 0 Å². The van der Waals surface area contributed by atoms with Crippen LogP contribution in [-0.4, -0.2) is 13.2 Å². The molecule has 1 atom stereocenters. The zero-order valence-electron chi connectivity index (χ0n) is 11.8. The third-order valence-corrected chi connectivity index (χ3v) is 4.19. The molecule has 0 fully saturated rings. The van der Waals surface area contributed by atoms with Crippen molar-refractivity contribution >= 4 is 22.9 Å². The first-order valence-corrected chi connectivity index (χ1v) is 8.12. The summed E-state index contributed by atoms with van der Waals surface area (Å²) in [7, 11) is 0. The normalized spacial score (nSPS) is 12.2. The lowest BCUT2D eigenvalue weighted by atomic mass is 10.1. The largest absolute Gasteiger partial charge is 0.490 e. The van der Waals surface area contributed by atoms with Crippen molar-refractivity contribution in [3.8, 4) is 11.5 Å². The summed E-state index contributed by atoms with van der Waals surface area (Å²) in [6.45, 7) is 5.16. The number of rotatable bonds is 7. The predicted octanol–water partition coefficient (Wildman–Crippen LogP) is 5.07. The van der Waals surface area contributed by atoms with Gasteiger partial charge in [0.1, 0.15) is 0 Å². The summed E-state index contributed by atoms with van der Waals surface area (Å²) < 4.78 is 11.2. The lowest BCUT2D eigenvalue weighted by Crippen LogP contribution is -2.01. The van der Waals surface area contributed by atoms with Gasteiger partial charge in [-0.2, -0.15) is 0 Å². The summed E-state index contributed by atoms with van der Waals surface area (Å²) in [4.78, 5) is 1.29. The van der Waals surface area contributed by atoms with E-state index in [0.717, 1.165) is 23.5 Å². The minimum atomic E-state index is -0.0523. The molecule has 0 spiro atoms. The fraction of sp³-hybridized carbons (Fsp3) is 0.375. The molecule has 2 aromatic rings. The maximum atomic E-state index is 6.51. The smallest absolute Gasteiger partial charge is 0.161 e. The van der Waals surface area contributed by atoms with Crippen molar-refractivity contribution in [3.05, 3.63) is 46.2 Å². The Hall–Kier alpha value is -1.19. The third kappa shape index (κ3) is 3.90. The monoisotopic (exact) mass is 310 g/mol. The van der Waals surface area contributed by atoms with Crippen LogP contribution in [0.4, 0.5) is 0 Å². The lowest BCUT2D eigenvalue weighted by Gasteiger charge is -2.14. The standard InChI is InChI=1S/C16H19ClO2S/c1-3-18-15-8-7-12(10-16(15)19-4-2)14(17)11-13-6-5-9-20-13/h5-10,14H,3-4,11H2,1-2H3. The van der Waals surface area contributed by atoms with E-state index in [-0.39, 0.29) is 5.38 Å². The molecule has 0 aliphatic carbocycles. The van der Waals surface area contributed by atoms with E-state index in [4.69, 9.17) is 21.1 Å². The number of hydrogen-bond acceptors (Lipinski definition) is 3. The highest BCUT2D eigenvalue weighted by molar-refractivity contribution is 7.09. The molecule has 0 radical (unpaired) electrons. The van der Waals surface area contributed by atoms with Gasteiger partial charge in [0, 0.05) is 11.3 Å². The van der Waals surface area contributed by atoms with Gasteiger partial charge in [-0.25, -0.2) is 0 Å². The zero-order chi connectivity index (χ0) is 14.4. The average molecular weight is 311 g/mol. The SMILES string of the molecule is CCOc1ccc(C(Cl)Cc2cccs2)cc1OCC. The van der Waals surface area contributed by atoms with Crippen LogP contribution in [0.5, 0.6) is 11.5 Å². The molecule has 0 N–H and O–H groups in total. The van der Waals surface area contributed by atoms with Gasteiger partial charge < -0.3 is 9.47 Å². The van der Waals surface area contributed by atoms with Crippen LogP contribution in [0.2, 0.25) is 0 Å². The minimum absolute atomic E-state index is 0.0523. The van der Waals surface area contributed by atoms with Gasteiger partial charge in [0.2, 0.25) is 0 Å². The van der Waals surface area contributed by atoms with Crippen molar-refractivity contribution in [1.29, 1.82) is 0 Å². The molecule has 1 aromatic heterocycles. The van der Waals surface area contributed by atoms with E-state index in [1.54, 1.807) is 11.3 Å². The Morgan fingerprint density at radius 2 is 1.85 bits per heavy atom. The molecule has 0 bridgehead atoms. The Morgan fingerprint density at radius 1 is 1.10 bits per heavy atom. The van der Waals surface area contributed by atoms with Gasteiger partial charge in [-0.05, 0) is 43.0 Å². The Bertz CT molecular complexity index is 525. The molecule has 2 nitrogen and oxygen atoms in total. The molecular formula is C16H19ClO2S. The number of ether oxygens (including phenoxy) is 2. The topological polar surface area (TPSA) is 18.5 Å². The van der Waals surface area contributed by atoms with Crippen LogP contribution in [0.3, 0.4) is 0 Å². The molecule has 0 aliphatic rings. The molecule has 0 saturated carbocycles. The summed E-state index contributed by atoms with van der Waals surface area (Å²) in [5.74, 6) is 1.54. The van der Waals surface area contributed by atoms with E-state index >= 15 is 0 Å². The van der Waals surface area contributed by atoms with Crippen molar-refractivity contribution in [2.75, 3.05) is 13.2 Å². The van der Waals surface area contributed by atoms with Gasteiger partial charge in [0.15, 0.2) is 11.5 Å². The predicted molar refractivity (Wildman–Crippen MR) is 85.4 cm³/mol. The quantitative estimate of drug-likeness (QED) is 0.665. The summed E-state index contributed by atoms with van der Waals surface area (Å²) >= 11 is 8.24. The van der Waals surface area contributed by atoms with Crippen molar-refractivity contribution < 1.29 is 9.47 Å². The maximum absolute atomic E-state index is 6.51. The Kier molecular flexibility index (Phi) is 5.74. The first kappa shape index (κ1) is 15.2. The molecule has 1 unspecified atom stereocenters. The summed E-state index contributed by atoms with van der Waals surface area (Å²) in [6.07, 6.45) is 0.832. The van der Waals surface area contributed by atoms with Gasteiger partial charge in [-0.3, -0.25) is 0 Å². The van der Waals surface area contributed by atoms with Crippen LogP contribution in [0.1, 0.15) is 29.7 Å². The van der Waals surface area contributed by atoms with Gasteiger partial charge in [0.05, 0.1) is 18.6 Å². The molecule has 2 rings (SSSR count). The second kappa shape index (κ2) is 7.55. The van der Waals surface area contributed by atoms with Crippen LogP contribution in [0.15, 0.2) is 35.7 Å². The Labute approximate surface area is 129 Å². The molecule has 1 aromatic carbocycles.